The summed E-state index contributed by atoms with van der Waals surface area (Å²) >= 11 is 0. The molecule has 0 spiro atoms. The molecule has 17 heavy (non-hydrogen) atoms. The van der Waals surface area contributed by atoms with Gasteiger partial charge in [-0.15, -0.1) is 0 Å². The second-order valence-electron chi connectivity index (χ2n) is 4.28. The molecule has 1 fully saturated rings. The molecule has 1 saturated heterocycles. The number of hydrogen-bond donors (Lipinski definition) is 1. The van der Waals surface area contributed by atoms with E-state index in [9.17, 15) is 4.79 Å². The Balaban J connectivity index is 2.20. The van der Waals surface area contributed by atoms with Crippen LogP contribution in [0.25, 0.3) is 0 Å². The van der Waals surface area contributed by atoms with Crippen LogP contribution in [-0.4, -0.2) is 32.2 Å². The summed E-state index contributed by atoms with van der Waals surface area (Å²) < 4.78 is 5.33. The third-order valence-electron chi connectivity index (χ3n) is 2.91. The summed E-state index contributed by atoms with van der Waals surface area (Å²) in [5.41, 5.74) is 3.11. The maximum absolute atomic E-state index is 11.1. The zero-order chi connectivity index (χ0) is 12.3. The van der Waals surface area contributed by atoms with Gasteiger partial charge in [0, 0.05) is 31.4 Å². The minimum Gasteiger partial charge on any atom is -0.378 e. The quantitative estimate of drug-likeness (QED) is 0.848. The number of carbonyl (C=O) groups is 1. The van der Waals surface area contributed by atoms with Gasteiger partial charge in [0.1, 0.15) is 0 Å². The number of anilines is 2. The van der Waals surface area contributed by atoms with Crippen molar-refractivity contribution < 1.29 is 9.53 Å². The Labute approximate surface area is 102 Å². The first-order valence-electron chi connectivity index (χ1n) is 5.88. The van der Waals surface area contributed by atoms with Crippen LogP contribution >= 0.6 is 0 Å². The van der Waals surface area contributed by atoms with Gasteiger partial charge in [-0.1, -0.05) is 6.07 Å². The van der Waals surface area contributed by atoms with Gasteiger partial charge in [-0.25, -0.2) is 0 Å². The molecule has 0 radical (unpaired) electrons. The molecule has 1 N–H and O–H groups in total. The summed E-state index contributed by atoms with van der Waals surface area (Å²) in [6, 6.07) is 6.16. The van der Waals surface area contributed by atoms with Crippen LogP contribution in [0.4, 0.5) is 11.4 Å². The molecular weight excluding hydrogens is 216 g/mol. The minimum atomic E-state index is -0.0350. The van der Waals surface area contributed by atoms with Crippen molar-refractivity contribution in [3.63, 3.8) is 0 Å². The Kier molecular flexibility index (Phi) is 3.64. The number of carbonyl (C=O) groups excluding carboxylic acids is 1. The van der Waals surface area contributed by atoms with Gasteiger partial charge in [0.25, 0.3) is 0 Å². The highest BCUT2D eigenvalue weighted by Crippen LogP contribution is 2.23. The third-order valence-corrected chi connectivity index (χ3v) is 2.91. The van der Waals surface area contributed by atoms with Crippen molar-refractivity contribution in [2.24, 2.45) is 0 Å². The lowest BCUT2D eigenvalue weighted by molar-refractivity contribution is -0.114. The molecule has 0 unspecified atom stereocenters. The highest BCUT2D eigenvalue weighted by atomic mass is 16.5. The van der Waals surface area contributed by atoms with Crippen molar-refractivity contribution in [2.75, 3.05) is 36.5 Å². The van der Waals surface area contributed by atoms with E-state index in [1.54, 1.807) is 0 Å². The van der Waals surface area contributed by atoms with Crippen LogP contribution in [0.3, 0.4) is 0 Å². The molecule has 1 amide bonds. The number of aryl methyl sites for hydroxylation is 1. The molecule has 0 bridgehead atoms. The van der Waals surface area contributed by atoms with E-state index in [2.05, 4.69) is 16.3 Å². The smallest absolute Gasteiger partial charge is 0.221 e. The minimum absolute atomic E-state index is 0.0350. The number of nitrogens with one attached hydrogen (secondary N) is 1. The highest BCUT2D eigenvalue weighted by molar-refractivity contribution is 5.90. The highest BCUT2D eigenvalue weighted by Gasteiger charge is 2.12. The van der Waals surface area contributed by atoms with Crippen molar-refractivity contribution in [3.8, 4) is 0 Å². The van der Waals surface area contributed by atoms with Crippen LogP contribution in [0.1, 0.15) is 12.5 Å². The molecule has 4 nitrogen and oxygen atoms in total. The summed E-state index contributed by atoms with van der Waals surface area (Å²) in [5, 5.41) is 2.86. The molecule has 1 aromatic rings. The second-order valence-corrected chi connectivity index (χ2v) is 4.28. The van der Waals surface area contributed by atoms with Crippen molar-refractivity contribution in [1.29, 1.82) is 0 Å². The Bertz CT molecular complexity index is 412. The molecule has 1 aliphatic rings. The first-order chi connectivity index (χ1) is 8.16. The molecule has 1 aliphatic heterocycles. The number of morpholine rings is 1. The lowest BCUT2D eigenvalue weighted by atomic mass is 10.1. The maximum atomic E-state index is 11.1. The molecule has 0 saturated carbocycles. The normalized spacial score (nSPS) is 15.8. The summed E-state index contributed by atoms with van der Waals surface area (Å²) in [5.74, 6) is -0.0350. The SMILES string of the molecule is CC(=O)Nc1cc(N2CCOCC2)ccc1C. The van der Waals surface area contributed by atoms with Crippen molar-refractivity contribution in [3.05, 3.63) is 23.8 Å². The van der Waals surface area contributed by atoms with Crippen molar-refractivity contribution in [2.45, 2.75) is 13.8 Å². The van der Waals surface area contributed by atoms with E-state index >= 15 is 0 Å². The molecule has 0 atom stereocenters. The fraction of sp³-hybridized carbons (Fsp3) is 0.462. The molecule has 0 aromatic heterocycles. The van der Waals surface area contributed by atoms with Crippen LogP contribution in [0.5, 0.6) is 0 Å². The summed E-state index contributed by atoms with van der Waals surface area (Å²) in [7, 11) is 0. The van der Waals surface area contributed by atoms with Crippen LogP contribution < -0.4 is 10.2 Å². The molecule has 1 aromatic carbocycles. The van der Waals surface area contributed by atoms with E-state index < -0.39 is 0 Å². The van der Waals surface area contributed by atoms with E-state index in [4.69, 9.17) is 4.74 Å². The zero-order valence-corrected chi connectivity index (χ0v) is 10.3. The summed E-state index contributed by atoms with van der Waals surface area (Å²) in [6.07, 6.45) is 0. The average molecular weight is 234 g/mol. The van der Waals surface area contributed by atoms with E-state index in [1.165, 1.54) is 6.92 Å². The Morgan fingerprint density at radius 3 is 2.71 bits per heavy atom. The van der Waals surface area contributed by atoms with E-state index in [0.29, 0.717) is 0 Å². The molecule has 4 heteroatoms. The van der Waals surface area contributed by atoms with Gasteiger partial charge >= 0.3 is 0 Å². The number of ether oxygens (including phenoxy) is 1. The Morgan fingerprint density at radius 1 is 1.35 bits per heavy atom. The number of rotatable bonds is 2. The van der Waals surface area contributed by atoms with Crippen molar-refractivity contribution >= 4 is 17.3 Å². The Morgan fingerprint density at radius 2 is 2.06 bits per heavy atom. The predicted molar refractivity (Wildman–Crippen MR) is 68.5 cm³/mol. The van der Waals surface area contributed by atoms with Gasteiger partial charge in [-0.2, -0.15) is 0 Å². The van der Waals surface area contributed by atoms with Gasteiger partial charge in [0.15, 0.2) is 0 Å². The third kappa shape index (κ3) is 2.97. The van der Waals surface area contributed by atoms with Crippen LogP contribution in [0, 0.1) is 6.92 Å². The molecule has 2 rings (SSSR count). The van der Waals surface area contributed by atoms with Gasteiger partial charge in [0.05, 0.1) is 13.2 Å². The summed E-state index contributed by atoms with van der Waals surface area (Å²) in [6.45, 7) is 6.87. The van der Waals surface area contributed by atoms with Crippen LogP contribution in [0.15, 0.2) is 18.2 Å². The molecular formula is C13H18N2O2. The van der Waals surface area contributed by atoms with E-state index in [0.717, 1.165) is 43.2 Å². The fourth-order valence-electron chi connectivity index (χ4n) is 1.95. The number of benzene rings is 1. The van der Waals surface area contributed by atoms with Crippen LogP contribution in [-0.2, 0) is 9.53 Å². The first-order valence-corrected chi connectivity index (χ1v) is 5.88. The molecule has 0 aliphatic carbocycles. The van der Waals surface area contributed by atoms with Gasteiger partial charge in [0.2, 0.25) is 5.91 Å². The fourth-order valence-corrected chi connectivity index (χ4v) is 1.95. The monoisotopic (exact) mass is 234 g/mol. The lowest BCUT2D eigenvalue weighted by Gasteiger charge is -2.29. The Hall–Kier alpha value is -1.55. The maximum Gasteiger partial charge on any atom is 0.221 e. The molecule has 92 valence electrons. The standard InChI is InChI=1S/C13H18N2O2/c1-10-3-4-12(9-13(10)14-11(2)16)15-5-7-17-8-6-15/h3-4,9H,5-8H2,1-2H3,(H,14,16). The van der Waals surface area contributed by atoms with Gasteiger partial charge < -0.3 is 15.0 Å². The average Bonchev–Trinajstić information content (AvgIpc) is 2.32. The number of hydrogen-bond acceptors (Lipinski definition) is 3. The number of nitrogens with zero attached hydrogens (tertiary/aromatic N) is 1. The second kappa shape index (κ2) is 5.19. The predicted octanol–water partition coefficient (Wildman–Crippen LogP) is 1.79. The largest absolute Gasteiger partial charge is 0.378 e. The topological polar surface area (TPSA) is 41.6 Å². The summed E-state index contributed by atoms with van der Waals surface area (Å²) in [4.78, 5) is 13.4. The van der Waals surface area contributed by atoms with Crippen LogP contribution in [0.2, 0.25) is 0 Å². The zero-order valence-electron chi connectivity index (χ0n) is 10.3. The molecule has 1 heterocycles. The first kappa shape index (κ1) is 11.9. The lowest BCUT2D eigenvalue weighted by Crippen LogP contribution is -2.36. The number of amides is 1. The van der Waals surface area contributed by atoms with E-state index in [-0.39, 0.29) is 5.91 Å². The van der Waals surface area contributed by atoms with Gasteiger partial charge in [-0.3, -0.25) is 4.79 Å². The van der Waals surface area contributed by atoms with Gasteiger partial charge in [-0.05, 0) is 24.6 Å². The van der Waals surface area contributed by atoms with Crippen molar-refractivity contribution in [1.82, 2.24) is 0 Å². The van der Waals surface area contributed by atoms with E-state index in [1.807, 2.05) is 19.1 Å².